The third-order valence-corrected chi connectivity index (χ3v) is 5.55. The quantitative estimate of drug-likeness (QED) is 0.670. The zero-order valence-corrected chi connectivity index (χ0v) is 15.4. The van der Waals surface area contributed by atoms with Gasteiger partial charge >= 0.3 is 5.97 Å². The Morgan fingerprint density at radius 3 is 2.43 bits per heavy atom. The Hall–Kier alpha value is -1.45. The standard InChI is InChI=1S/C16H16INO4S/c1-11-2-7-14(10-15(11)16(19)20)23(21,22)18-9-8-12-3-5-13(17)6-4-12/h2-7,10,18H,8-9H2,1H3,(H,19,20). The molecule has 122 valence electrons. The average Bonchev–Trinajstić information content (AvgIpc) is 2.49. The number of carbonyl (C=O) groups is 1. The first kappa shape index (κ1) is 17.9. The van der Waals surface area contributed by atoms with E-state index in [1.807, 2.05) is 24.3 Å². The maximum Gasteiger partial charge on any atom is 0.335 e. The molecule has 0 saturated carbocycles. The van der Waals surface area contributed by atoms with Crippen molar-refractivity contribution in [2.75, 3.05) is 6.54 Å². The monoisotopic (exact) mass is 445 g/mol. The van der Waals surface area contributed by atoms with Crippen molar-refractivity contribution in [2.45, 2.75) is 18.2 Å². The van der Waals surface area contributed by atoms with Crippen LogP contribution in [0.15, 0.2) is 47.4 Å². The highest BCUT2D eigenvalue weighted by atomic mass is 127. The third kappa shape index (κ3) is 4.76. The lowest BCUT2D eigenvalue weighted by Gasteiger charge is -2.09. The van der Waals surface area contributed by atoms with Crippen LogP contribution in [0.5, 0.6) is 0 Å². The summed E-state index contributed by atoms with van der Waals surface area (Å²) in [6.07, 6.45) is 0.563. The molecule has 0 aliphatic carbocycles. The van der Waals surface area contributed by atoms with Crippen molar-refractivity contribution in [3.8, 4) is 0 Å². The minimum absolute atomic E-state index is 0.00879. The summed E-state index contributed by atoms with van der Waals surface area (Å²) in [5.74, 6) is -1.14. The summed E-state index contributed by atoms with van der Waals surface area (Å²) in [6.45, 7) is 1.88. The molecule has 2 aromatic carbocycles. The molecular formula is C16H16INO4S. The van der Waals surface area contributed by atoms with E-state index in [-0.39, 0.29) is 17.0 Å². The summed E-state index contributed by atoms with van der Waals surface area (Å²) >= 11 is 2.21. The molecule has 2 N–H and O–H groups in total. The summed E-state index contributed by atoms with van der Waals surface area (Å²) in [7, 11) is -3.73. The predicted molar refractivity (Wildman–Crippen MR) is 96.2 cm³/mol. The minimum atomic E-state index is -3.73. The molecule has 0 spiro atoms. The van der Waals surface area contributed by atoms with Crippen molar-refractivity contribution in [3.05, 3.63) is 62.7 Å². The molecule has 0 aromatic heterocycles. The number of hydrogen-bond acceptors (Lipinski definition) is 3. The number of rotatable bonds is 6. The van der Waals surface area contributed by atoms with Gasteiger partial charge < -0.3 is 5.11 Å². The van der Waals surface area contributed by atoms with E-state index in [2.05, 4.69) is 27.3 Å². The number of carboxylic acid groups (broad SMARTS) is 1. The van der Waals surface area contributed by atoms with E-state index in [1.54, 1.807) is 6.92 Å². The number of sulfonamides is 1. The molecule has 0 heterocycles. The van der Waals surface area contributed by atoms with Crippen LogP contribution in [-0.4, -0.2) is 26.0 Å². The summed E-state index contributed by atoms with van der Waals surface area (Å²) in [5.41, 5.74) is 1.55. The van der Waals surface area contributed by atoms with Gasteiger partial charge in [-0.3, -0.25) is 0 Å². The van der Waals surface area contributed by atoms with Gasteiger partial charge in [-0.15, -0.1) is 0 Å². The van der Waals surface area contributed by atoms with Crippen molar-refractivity contribution in [3.63, 3.8) is 0 Å². The van der Waals surface area contributed by atoms with E-state index < -0.39 is 16.0 Å². The second kappa shape index (κ2) is 7.41. The molecular weight excluding hydrogens is 429 g/mol. The Labute approximate surface area is 148 Å². The topological polar surface area (TPSA) is 83.5 Å². The first-order valence-corrected chi connectivity index (χ1v) is 9.44. The lowest BCUT2D eigenvalue weighted by Crippen LogP contribution is -2.26. The number of aryl methyl sites for hydroxylation is 1. The van der Waals surface area contributed by atoms with Gasteiger partial charge in [0, 0.05) is 10.1 Å². The zero-order chi connectivity index (χ0) is 17.0. The van der Waals surface area contributed by atoms with E-state index in [0.717, 1.165) is 9.13 Å². The van der Waals surface area contributed by atoms with E-state index >= 15 is 0 Å². The third-order valence-electron chi connectivity index (χ3n) is 3.37. The van der Waals surface area contributed by atoms with Gasteiger partial charge in [-0.25, -0.2) is 17.9 Å². The molecule has 2 aromatic rings. The highest BCUT2D eigenvalue weighted by Gasteiger charge is 2.17. The molecule has 0 aliphatic heterocycles. The molecule has 0 fully saturated rings. The van der Waals surface area contributed by atoms with Gasteiger partial charge in [0.15, 0.2) is 0 Å². The molecule has 0 atom stereocenters. The van der Waals surface area contributed by atoms with Crippen LogP contribution in [0.1, 0.15) is 21.5 Å². The average molecular weight is 445 g/mol. The van der Waals surface area contributed by atoms with Gasteiger partial charge in [-0.05, 0) is 71.3 Å². The molecule has 0 bridgehead atoms. The highest BCUT2D eigenvalue weighted by Crippen LogP contribution is 2.16. The molecule has 5 nitrogen and oxygen atoms in total. The molecule has 7 heteroatoms. The summed E-state index contributed by atoms with van der Waals surface area (Å²) in [5, 5.41) is 9.09. The van der Waals surface area contributed by atoms with Crippen molar-refractivity contribution in [1.29, 1.82) is 0 Å². The first-order valence-electron chi connectivity index (χ1n) is 6.87. The number of halogens is 1. The number of carboxylic acids is 1. The molecule has 2 rings (SSSR count). The van der Waals surface area contributed by atoms with Gasteiger partial charge in [0.1, 0.15) is 0 Å². The summed E-state index contributed by atoms with van der Waals surface area (Å²) in [6, 6.07) is 11.9. The van der Waals surface area contributed by atoms with Crippen LogP contribution >= 0.6 is 22.6 Å². The fourth-order valence-corrected chi connectivity index (χ4v) is 3.48. The van der Waals surface area contributed by atoms with E-state index in [4.69, 9.17) is 5.11 Å². The van der Waals surface area contributed by atoms with Crippen LogP contribution in [-0.2, 0) is 16.4 Å². The number of hydrogen-bond donors (Lipinski definition) is 2. The van der Waals surface area contributed by atoms with Crippen molar-refractivity contribution in [2.24, 2.45) is 0 Å². The van der Waals surface area contributed by atoms with Crippen LogP contribution in [0.25, 0.3) is 0 Å². The molecule has 0 saturated heterocycles. The molecule has 0 radical (unpaired) electrons. The number of aromatic carboxylic acids is 1. The first-order chi connectivity index (χ1) is 10.8. The van der Waals surface area contributed by atoms with E-state index in [9.17, 15) is 13.2 Å². The number of nitrogens with one attached hydrogen (secondary N) is 1. The van der Waals surface area contributed by atoms with E-state index in [0.29, 0.717) is 12.0 Å². The second-order valence-corrected chi connectivity index (χ2v) is 8.07. The van der Waals surface area contributed by atoms with Crippen molar-refractivity contribution >= 4 is 38.6 Å². The van der Waals surface area contributed by atoms with E-state index in [1.165, 1.54) is 18.2 Å². The van der Waals surface area contributed by atoms with Crippen LogP contribution in [0.4, 0.5) is 0 Å². The van der Waals surface area contributed by atoms with Gasteiger partial charge in [0.05, 0.1) is 10.5 Å². The van der Waals surface area contributed by atoms with Gasteiger partial charge in [0.2, 0.25) is 10.0 Å². The normalized spacial score (nSPS) is 11.4. The fourth-order valence-electron chi connectivity index (χ4n) is 2.06. The van der Waals surface area contributed by atoms with Crippen molar-refractivity contribution < 1.29 is 18.3 Å². The Morgan fingerprint density at radius 1 is 1.17 bits per heavy atom. The lowest BCUT2D eigenvalue weighted by atomic mass is 10.1. The fraction of sp³-hybridized carbons (Fsp3) is 0.188. The summed E-state index contributed by atoms with van der Waals surface area (Å²) in [4.78, 5) is 11.1. The van der Waals surface area contributed by atoms with Crippen LogP contribution in [0.3, 0.4) is 0 Å². The number of benzene rings is 2. The Morgan fingerprint density at radius 2 is 1.83 bits per heavy atom. The molecule has 0 amide bonds. The van der Waals surface area contributed by atoms with Crippen LogP contribution in [0, 0.1) is 10.5 Å². The highest BCUT2D eigenvalue weighted by molar-refractivity contribution is 14.1. The Bertz CT molecular complexity index is 816. The largest absolute Gasteiger partial charge is 0.478 e. The maximum absolute atomic E-state index is 12.3. The summed E-state index contributed by atoms with van der Waals surface area (Å²) < 4.78 is 28.1. The van der Waals surface area contributed by atoms with Crippen molar-refractivity contribution in [1.82, 2.24) is 4.72 Å². The molecule has 0 aliphatic rings. The van der Waals surface area contributed by atoms with Gasteiger partial charge in [-0.1, -0.05) is 18.2 Å². The predicted octanol–water partition coefficient (Wildman–Crippen LogP) is 2.82. The Balaban J connectivity index is 2.08. The lowest BCUT2D eigenvalue weighted by molar-refractivity contribution is 0.0696. The smallest absolute Gasteiger partial charge is 0.335 e. The molecule has 0 unspecified atom stereocenters. The van der Waals surface area contributed by atoms with Gasteiger partial charge in [-0.2, -0.15) is 0 Å². The van der Waals surface area contributed by atoms with Gasteiger partial charge in [0.25, 0.3) is 0 Å². The Kier molecular flexibility index (Phi) is 5.77. The molecule has 23 heavy (non-hydrogen) atoms. The zero-order valence-electron chi connectivity index (χ0n) is 12.4. The van der Waals surface area contributed by atoms with Crippen LogP contribution < -0.4 is 4.72 Å². The second-order valence-electron chi connectivity index (χ2n) is 5.06. The minimum Gasteiger partial charge on any atom is -0.478 e. The maximum atomic E-state index is 12.3. The van der Waals surface area contributed by atoms with Crippen LogP contribution in [0.2, 0.25) is 0 Å². The SMILES string of the molecule is Cc1ccc(S(=O)(=O)NCCc2ccc(I)cc2)cc1C(=O)O.